The molecular weight excluding hydrogens is 272 g/mol. The van der Waals surface area contributed by atoms with Crippen LogP contribution in [0.2, 0.25) is 0 Å². The van der Waals surface area contributed by atoms with E-state index in [0.29, 0.717) is 0 Å². The molecule has 0 heterocycles. The van der Waals surface area contributed by atoms with Gasteiger partial charge < -0.3 is 0 Å². The average molecular weight is 294 g/mol. The number of carbonyl (C=O) groups excluding carboxylic acids is 1. The lowest BCUT2D eigenvalue weighted by Gasteiger charge is -2.08. The summed E-state index contributed by atoms with van der Waals surface area (Å²) in [4.78, 5) is 11.7. The van der Waals surface area contributed by atoms with Crippen LogP contribution in [0, 0.1) is 0 Å². The first-order valence-corrected chi connectivity index (χ1v) is 7.71. The van der Waals surface area contributed by atoms with Crippen molar-refractivity contribution >= 4 is 11.5 Å². The summed E-state index contributed by atoms with van der Waals surface area (Å²) in [6.45, 7) is 5.83. The average Bonchev–Trinajstić information content (AvgIpc) is 2.52. The Morgan fingerprint density at radius 1 is 1.05 bits per heavy atom. The van der Waals surface area contributed by atoms with Crippen molar-refractivity contribution in [3.63, 3.8) is 0 Å². The number of nitrogens with zero attached hydrogens (tertiary/aromatic N) is 2. The molecule has 2 rings (SSSR count). The number of ketones is 1. The van der Waals surface area contributed by atoms with Gasteiger partial charge in [0, 0.05) is 0 Å². The number of allylic oxidation sites excluding steroid dienone is 5. The molecule has 0 saturated carbocycles. The second-order valence-corrected chi connectivity index (χ2v) is 5.60. The number of unbranched alkanes of at least 4 members (excludes halogenated alkanes) is 1. The number of aryl methyl sites for hydroxylation is 1. The van der Waals surface area contributed by atoms with Crippen molar-refractivity contribution in [2.75, 3.05) is 0 Å². The van der Waals surface area contributed by atoms with Gasteiger partial charge in [-0.15, -0.1) is 0 Å². The zero-order valence-corrected chi connectivity index (χ0v) is 13.5. The smallest absolute Gasteiger partial charge is 0.184 e. The second kappa shape index (κ2) is 7.64. The quantitative estimate of drug-likeness (QED) is 0.664. The maximum absolute atomic E-state index is 11.7. The number of Topliss-reactive ketones (excluding diaryl/α,β-unsaturated/α-hetero) is 1. The van der Waals surface area contributed by atoms with E-state index in [1.165, 1.54) is 18.4 Å². The molecule has 0 bridgehead atoms. The minimum absolute atomic E-state index is 0.0942. The van der Waals surface area contributed by atoms with Crippen molar-refractivity contribution in [1.29, 1.82) is 0 Å². The Balaban J connectivity index is 2.03. The maximum Gasteiger partial charge on any atom is 0.184 e. The van der Waals surface area contributed by atoms with Gasteiger partial charge >= 0.3 is 0 Å². The van der Waals surface area contributed by atoms with Gasteiger partial charge in [-0.25, -0.2) is 0 Å². The Kier molecular flexibility index (Phi) is 5.59. The lowest BCUT2D eigenvalue weighted by molar-refractivity contribution is -0.112. The normalized spacial score (nSPS) is 15.0. The fourth-order valence-corrected chi connectivity index (χ4v) is 2.33. The van der Waals surface area contributed by atoms with Crippen molar-refractivity contribution in [2.24, 2.45) is 10.2 Å². The predicted molar refractivity (Wildman–Crippen MR) is 90.2 cm³/mol. The van der Waals surface area contributed by atoms with Crippen LogP contribution in [0.1, 0.15) is 39.2 Å². The van der Waals surface area contributed by atoms with E-state index in [1.807, 2.05) is 38.1 Å². The third-order valence-electron chi connectivity index (χ3n) is 3.62. The highest BCUT2D eigenvalue weighted by Gasteiger charge is 2.12. The van der Waals surface area contributed by atoms with Crippen LogP contribution in [-0.2, 0) is 11.2 Å². The minimum atomic E-state index is 0.0942. The van der Waals surface area contributed by atoms with E-state index in [-0.39, 0.29) is 5.78 Å². The maximum atomic E-state index is 11.7. The molecule has 0 radical (unpaired) electrons. The predicted octanol–water partition coefficient (Wildman–Crippen LogP) is 5.47. The third kappa shape index (κ3) is 4.35. The largest absolute Gasteiger partial charge is 0.289 e. The standard InChI is InChI=1S/C19H22N2O/c1-4-5-6-16-7-9-18(10-8-16)21-20-13-17-11-14(2)19(22)15(3)12-17/h7-13H,4-6H2,1-3H3. The van der Waals surface area contributed by atoms with Gasteiger partial charge in [-0.2, -0.15) is 10.2 Å². The number of rotatable bonds is 5. The number of azo groups is 1. The molecule has 0 atom stereocenters. The molecule has 3 heteroatoms. The van der Waals surface area contributed by atoms with E-state index < -0.39 is 0 Å². The topological polar surface area (TPSA) is 41.8 Å². The minimum Gasteiger partial charge on any atom is -0.289 e. The third-order valence-corrected chi connectivity index (χ3v) is 3.62. The lowest BCUT2D eigenvalue weighted by Crippen LogP contribution is -2.05. The van der Waals surface area contributed by atoms with Crippen molar-refractivity contribution < 1.29 is 4.79 Å². The summed E-state index contributed by atoms with van der Waals surface area (Å²) in [5.41, 5.74) is 4.55. The molecule has 1 aromatic carbocycles. The van der Waals surface area contributed by atoms with E-state index in [4.69, 9.17) is 0 Å². The summed E-state index contributed by atoms with van der Waals surface area (Å²) in [6, 6.07) is 8.17. The zero-order valence-electron chi connectivity index (χ0n) is 13.5. The Bertz CT molecular complexity index is 637. The summed E-state index contributed by atoms with van der Waals surface area (Å²) < 4.78 is 0. The molecule has 0 unspecified atom stereocenters. The molecule has 1 aromatic rings. The zero-order chi connectivity index (χ0) is 15.9. The van der Waals surface area contributed by atoms with Crippen LogP contribution in [0.15, 0.2) is 69.6 Å². The molecule has 0 N–H and O–H groups in total. The molecule has 0 aliphatic heterocycles. The second-order valence-electron chi connectivity index (χ2n) is 5.60. The van der Waals surface area contributed by atoms with Crippen molar-refractivity contribution in [1.82, 2.24) is 0 Å². The molecule has 0 spiro atoms. The summed E-state index contributed by atoms with van der Waals surface area (Å²) >= 11 is 0. The molecule has 114 valence electrons. The molecule has 0 amide bonds. The Morgan fingerprint density at radius 2 is 1.68 bits per heavy atom. The van der Waals surface area contributed by atoms with Gasteiger partial charge in [0.15, 0.2) is 5.78 Å². The highest BCUT2D eigenvalue weighted by atomic mass is 16.1. The number of hydrogen-bond donors (Lipinski definition) is 0. The van der Waals surface area contributed by atoms with Crippen LogP contribution in [0.5, 0.6) is 0 Å². The van der Waals surface area contributed by atoms with Crippen LogP contribution in [0.4, 0.5) is 5.69 Å². The van der Waals surface area contributed by atoms with Gasteiger partial charge in [-0.1, -0.05) is 25.5 Å². The van der Waals surface area contributed by atoms with Gasteiger partial charge in [0.1, 0.15) is 0 Å². The van der Waals surface area contributed by atoms with Crippen LogP contribution < -0.4 is 0 Å². The van der Waals surface area contributed by atoms with Gasteiger partial charge in [-0.3, -0.25) is 4.79 Å². The van der Waals surface area contributed by atoms with Crippen LogP contribution >= 0.6 is 0 Å². The first-order chi connectivity index (χ1) is 10.6. The van der Waals surface area contributed by atoms with Gasteiger partial charge in [0.2, 0.25) is 0 Å². The fourth-order valence-electron chi connectivity index (χ4n) is 2.33. The van der Waals surface area contributed by atoms with Gasteiger partial charge in [0.05, 0.1) is 11.9 Å². The summed E-state index contributed by atoms with van der Waals surface area (Å²) in [5, 5.41) is 8.31. The molecule has 0 aromatic heterocycles. The number of carbonyl (C=O) groups is 1. The van der Waals surface area contributed by atoms with E-state index in [0.717, 1.165) is 28.8 Å². The highest BCUT2D eigenvalue weighted by Crippen LogP contribution is 2.19. The summed E-state index contributed by atoms with van der Waals surface area (Å²) in [7, 11) is 0. The Morgan fingerprint density at radius 3 is 2.27 bits per heavy atom. The number of benzene rings is 1. The molecule has 3 nitrogen and oxygen atoms in total. The monoisotopic (exact) mass is 294 g/mol. The van der Waals surface area contributed by atoms with Gasteiger partial charge in [-0.05, 0) is 73.3 Å². The van der Waals surface area contributed by atoms with E-state index in [9.17, 15) is 4.79 Å². The molecule has 0 saturated heterocycles. The van der Waals surface area contributed by atoms with Crippen molar-refractivity contribution in [2.45, 2.75) is 40.0 Å². The SMILES string of the molecule is CCCCc1ccc(N=NC=C2C=C(C)C(=O)C(C)=C2)cc1. The lowest BCUT2D eigenvalue weighted by atomic mass is 9.96. The van der Waals surface area contributed by atoms with E-state index in [2.05, 4.69) is 29.3 Å². The Labute approximate surface area is 132 Å². The van der Waals surface area contributed by atoms with E-state index >= 15 is 0 Å². The first kappa shape index (κ1) is 16.1. The van der Waals surface area contributed by atoms with Crippen LogP contribution in [-0.4, -0.2) is 5.78 Å². The summed E-state index contributed by atoms with van der Waals surface area (Å²) in [5.74, 6) is 0.0942. The molecule has 22 heavy (non-hydrogen) atoms. The van der Waals surface area contributed by atoms with Crippen LogP contribution in [0.3, 0.4) is 0 Å². The first-order valence-electron chi connectivity index (χ1n) is 7.71. The van der Waals surface area contributed by atoms with Crippen molar-refractivity contribution in [3.05, 3.63) is 64.9 Å². The molecular formula is C19H22N2O. The molecule has 1 aliphatic rings. The van der Waals surface area contributed by atoms with Crippen molar-refractivity contribution in [3.8, 4) is 0 Å². The fraction of sp³-hybridized carbons (Fsp3) is 0.316. The summed E-state index contributed by atoms with van der Waals surface area (Å²) in [6.07, 6.45) is 8.88. The Hall–Kier alpha value is -2.29. The number of hydrogen-bond acceptors (Lipinski definition) is 3. The van der Waals surface area contributed by atoms with Gasteiger partial charge in [0.25, 0.3) is 0 Å². The highest BCUT2D eigenvalue weighted by molar-refractivity contribution is 6.09. The van der Waals surface area contributed by atoms with Crippen LogP contribution in [0.25, 0.3) is 0 Å². The van der Waals surface area contributed by atoms with E-state index in [1.54, 1.807) is 6.20 Å². The molecule has 0 fully saturated rings. The molecule has 1 aliphatic carbocycles.